The molecule has 2 aliphatic carbocycles. The maximum atomic E-state index is 12.9. The lowest BCUT2D eigenvalue weighted by atomic mass is 9.67. The average molecular weight is 418 g/mol. The van der Waals surface area contributed by atoms with Gasteiger partial charge in [0.25, 0.3) is 0 Å². The van der Waals surface area contributed by atoms with Crippen LogP contribution in [0, 0.1) is 5.92 Å². The summed E-state index contributed by atoms with van der Waals surface area (Å²) >= 11 is 12.9. The summed E-state index contributed by atoms with van der Waals surface area (Å²) in [5.41, 5.74) is 3.17. The topological polar surface area (TPSA) is 55.7 Å². The number of benzene rings is 1. The molecule has 1 aromatic rings. The number of carbonyl (C=O) groups is 2. The molecule has 1 aromatic carbocycles. The van der Waals surface area contributed by atoms with Gasteiger partial charge in [-0.1, -0.05) is 35.9 Å². The quantitative estimate of drug-likeness (QED) is 0.609. The highest BCUT2D eigenvalue weighted by Gasteiger charge is 2.44. The van der Waals surface area contributed by atoms with E-state index < -0.39 is 5.92 Å². The van der Waals surface area contributed by atoms with Crippen LogP contribution < -0.4 is 4.74 Å². The summed E-state index contributed by atoms with van der Waals surface area (Å²) in [5, 5.41) is 0.726. The Morgan fingerprint density at radius 2 is 1.79 bits per heavy atom. The van der Waals surface area contributed by atoms with Gasteiger partial charge in [-0.05, 0) is 43.4 Å². The van der Waals surface area contributed by atoms with Crippen molar-refractivity contribution in [2.75, 3.05) is 6.61 Å². The molecule has 146 valence electrons. The van der Waals surface area contributed by atoms with Crippen molar-refractivity contribution in [2.45, 2.75) is 44.4 Å². The van der Waals surface area contributed by atoms with E-state index in [0.717, 1.165) is 42.7 Å². The highest BCUT2D eigenvalue weighted by atomic mass is 35.5. The van der Waals surface area contributed by atoms with Crippen molar-refractivity contribution in [2.24, 2.45) is 10.9 Å². The smallest absolute Gasteiger partial charge is 0.161 e. The zero-order valence-corrected chi connectivity index (χ0v) is 17.0. The van der Waals surface area contributed by atoms with Crippen molar-refractivity contribution in [3.05, 3.63) is 51.7 Å². The van der Waals surface area contributed by atoms with Gasteiger partial charge in [-0.3, -0.25) is 14.6 Å². The molecule has 0 radical (unpaired) electrons. The van der Waals surface area contributed by atoms with Crippen LogP contribution in [0.25, 0.3) is 0 Å². The van der Waals surface area contributed by atoms with E-state index in [1.165, 1.54) is 0 Å². The third kappa shape index (κ3) is 3.33. The minimum atomic E-state index is -0.401. The lowest BCUT2D eigenvalue weighted by molar-refractivity contribution is -0.122. The van der Waals surface area contributed by atoms with Gasteiger partial charge in [-0.25, -0.2) is 0 Å². The second-order valence-corrected chi connectivity index (χ2v) is 8.24. The molecule has 0 spiro atoms. The van der Waals surface area contributed by atoms with E-state index in [9.17, 15) is 9.59 Å². The minimum Gasteiger partial charge on any atom is -0.486 e. The molecule has 28 heavy (non-hydrogen) atoms. The molecule has 1 fully saturated rings. The first kappa shape index (κ1) is 19.4. The predicted molar refractivity (Wildman–Crippen MR) is 111 cm³/mol. The van der Waals surface area contributed by atoms with E-state index in [2.05, 4.69) is 6.58 Å². The number of allylic oxidation sites excluding steroid dienone is 2. The molecule has 0 bridgehead atoms. The Kier molecular flexibility index (Phi) is 5.44. The molecule has 6 heteroatoms. The van der Waals surface area contributed by atoms with E-state index in [1.54, 1.807) is 18.2 Å². The van der Waals surface area contributed by atoms with E-state index in [4.69, 9.17) is 32.9 Å². The van der Waals surface area contributed by atoms with Crippen molar-refractivity contribution in [1.82, 2.24) is 0 Å². The molecule has 0 N–H and O–H groups in total. The number of ether oxygens (including phenoxy) is 1. The van der Waals surface area contributed by atoms with Crippen molar-refractivity contribution in [3.8, 4) is 5.75 Å². The normalized spacial score (nSPS) is 24.4. The Labute approximate surface area is 174 Å². The first-order chi connectivity index (χ1) is 13.5. The van der Waals surface area contributed by atoms with Crippen molar-refractivity contribution in [1.29, 1.82) is 0 Å². The highest BCUT2D eigenvalue weighted by Crippen LogP contribution is 2.48. The average Bonchev–Trinajstić information content (AvgIpc) is 2.66. The summed E-state index contributed by atoms with van der Waals surface area (Å²) < 4.78 is 5.56. The van der Waals surface area contributed by atoms with E-state index in [0.29, 0.717) is 34.2 Å². The second-order valence-electron chi connectivity index (χ2n) is 7.43. The van der Waals surface area contributed by atoms with Gasteiger partial charge in [0.2, 0.25) is 0 Å². The van der Waals surface area contributed by atoms with Gasteiger partial charge in [-0.2, -0.15) is 0 Å². The molecule has 1 aliphatic heterocycles. The summed E-state index contributed by atoms with van der Waals surface area (Å²) in [4.78, 5) is 30.4. The lowest BCUT2D eigenvalue weighted by Crippen LogP contribution is -2.39. The van der Waals surface area contributed by atoms with Crippen LogP contribution in [-0.2, 0) is 9.59 Å². The van der Waals surface area contributed by atoms with Crippen molar-refractivity contribution in [3.63, 3.8) is 0 Å². The summed E-state index contributed by atoms with van der Waals surface area (Å²) in [6.45, 7) is 3.91. The highest BCUT2D eigenvalue weighted by molar-refractivity contribution is 6.37. The Balaban J connectivity index is 1.85. The molecule has 0 amide bonds. The van der Waals surface area contributed by atoms with E-state index in [-0.39, 0.29) is 24.1 Å². The summed E-state index contributed by atoms with van der Waals surface area (Å²) in [5.74, 6) is -0.171. The van der Waals surface area contributed by atoms with Gasteiger partial charge in [0.1, 0.15) is 12.4 Å². The Bertz CT molecular complexity index is 909. The maximum absolute atomic E-state index is 12.9. The number of Topliss-reactive ketones (excluding diaryl/α,β-unsaturated/α-hetero) is 2. The number of carbonyl (C=O) groups excluding carboxylic acids is 2. The maximum Gasteiger partial charge on any atom is 0.161 e. The first-order valence-electron chi connectivity index (χ1n) is 9.60. The zero-order chi connectivity index (χ0) is 19.8. The Morgan fingerprint density at radius 3 is 2.50 bits per heavy atom. The second kappa shape index (κ2) is 7.84. The van der Waals surface area contributed by atoms with Crippen LogP contribution in [0.2, 0.25) is 10.0 Å². The van der Waals surface area contributed by atoms with Gasteiger partial charge < -0.3 is 4.74 Å². The monoisotopic (exact) mass is 417 g/mol. The van der Waals surface area contributed by atoms with Crippen LogP contribution in [0.15, 0.2) is 41.1 Å². The summed E-state index contributed by atoms with van der Waals surface area (Å²) in [6.07, 6.45) is 5.79. The fourth-order valence-electron chi connectivity index (χ4n) is 4.50. The molecule has 3 aliphatic rings. The molecule has 0 aromatic heterocycles. The number of halogens is 2. The van der Waals surface area contributed by atoms with Gasteiger partial charge in [0.15, 0.2) is 11.5 Å². The van der Waals surface area contributed by atoms with Crippen LogP contribution in [-0.4, -0.2) is 23.9 Å². The summed E-state index contributed by atoms with van der Waals surface area (Å²) in [6, 6.07) is 3.54. The predicted octanol–water partition coefficient (Wildman–Crippen LogP) is 5.47. The molecule has 4 rings (SSSR count). The number of aliphatic imine (C=N–C) groups is 1. The Morgan fingerprint density at radius 1 is 1.07 bits per heavy atom. The molecule has 2 atom stereocenters. The van der Waals surface area contributed by atoms with Crippen LogP contribution >= 0.6 is 23.2 Å². The molecule has 0 saturated heterocycles. The van der Waals surface area contributed by atoms with Gasteiger partial charge in [0.05, 0.1) is 16.0 Å². The number of rotatable bonds is 4. The molecule has 1 saturated carbocycles. The van der Waals surface area contributed by atoms with Gasteiger partial charge in [0, 0.05) is 35.7 Å². The summed E-state index contributed by atoms with van der Waals surface area (Å²) in [7, 11) is 0. The minimum absolute atomic E-state index is 0.0756. The van der Waals surface area contributed by atoms with E-state index in [1.807, 2.05) is 0 Å². The van der Waals surface area contributed by atoms with Crippen LogP contribution in [0.4, 0.5) is 0 Å². The molecular weight excluding hydrogens is 397 g/mol. The SMILES string of the molecule is C=CCOc1c(Cl)cc([C@H]2C3=C(CCCC3=O)N=C3CCCC(=O)C32)cc1Cl. The molecule has 1 heterocycles. The van der Waals surface area contributed by atoms with Crippen LogP contribution in [0.1, 0.15) is 50.0 Å². The van der Waals surface area contributed by atoms with Crippen molar-refractivity contribution < 1.29 is 14.3 Å². The molecule has 4 nitrogen and oxygen atoms in total. The third-order valence-corrected chi connectivity index (χ3v) is 6.20. The standard InChI is InChI=1S/C22H21Cl2NO3/c1-2-9-28-22-13(23)10-12(11-14(22)24)19-20-15(5-3-7-17(20)26)25-16-6-4-8-18(27)21(16)19/h2,10-11,19-20H,1,3-9H2/t19-,20?/m1/s1. The molecular formula is C22H21Cl2NO3. The Hall–Kier alpha value is -1.91. The number of nitrogens with zero attached hydrogens (tertiary/aromatic N) is 1. The van der Waals surface area contributed by atoms with Gasteiger partial charge in [-0.15, -0.1) is 0 Å². The van der Waals surface area contributed by atoms with Crippen molar-refractivity contribution >= 4 is 40.5 Å². The van der Waals surface area contributed by atoms with E-state index >= 15 is 0 Å². The largest absolute Gasteiger partial charge is 0.486 e. The zero-order valence-electron chi connectivity index (χ0n) is 15.5. The van der Waals surface area contributed by atoms with Crippen LogP contribution in [0.3, 0.4) is 0 Å². The number of hydrogen-bond acceptors (Lipinski definition) is 4. The molecule has 1 unspecified atom stereocenters. The number of ketones is 2. The fourth-order valence-corrected chi connectivity index (χ4v) is 5.11. The number of fused-ring (bicyclic) bond motifs is 1. The third-order valence-electron chi connectivity index (χ3n) is 5.64. The fraction of sp³-hybridized carbons (Fsp3) is 0.409. The van der Waals surface area contributed by atoms with Gasteiger partial charge >= 0.3 is 0 Å². The first-order valence-corrected chi connectivity index (χ1v) is 10.4. The van der Waals surface area contributed by atoms with Crippen LogP contribution in [0.5, 0.6) is 5.75 Å². The number of hydrogen-bond donors (Lipinski definition) is 0. The lowest BCUT2D eigenvalue weighted by Gasteiger charge is -2.38.